The van der Waals surface area contributed by atoms with Crippen LogP contribution in [0.5, 0.6) is 5.75 Å². The number of anilines is 1. The number of aromatic nitrogens is 3. The second-order valence-electron chi connectivity index (χ2n) is 7.10. The molecule has 3 heterocycles. The highest BCUT2D eigenvalue weighted by molar-refractivity contribution is 5.79. The number of aryl methyl sites for hydroxylation is 1. The number of nitrogens with zero attached hydrogens (tertiary/aromatic N) is 5. The van der Waals surface area contributed by atoms with Crippen molar-refractivity contribution in [2.24, 2.45) is 0 Å². The lowest BCUT2D eigenvalue weighted by Gasteiger charge is -2.35. The molecular weight excluding hydrogens is 384 g/mol. The number of hydrogen-bond acceptors (Lipinski definition) is 7. The van der Waals surface area contributed by atoms with E-state index in [9.17, 15) is 14.7 Å². The number of nitriles is 1. The van der Waals surface area contributed by atoms with E-state index in [1.807, 2.05) is 12.1 Å². The van der Waals surface area contributed by atoms with E-state index >= 15 is 0 Å². The quantitative estimate of drug-likeness (QED) is 0.668. The van der Waals surface area contributed by atoms with Crippen molar-refractivity contribution in [3.63, 3.8) is 0 Å². The summed E-state index contributed by atoms with van der Waals surface area (Å²) in [4.78, 5) is 40.0. The molecule has 1 aliphatic heterocycles. The topological polar surface area (TPSA) is 126 Å². The molecule has 2 aromatic heterocycles. The van der Waals surface area contributed by atoms with Gasteiger partial charge in [-0.2, -0.15) is 5.26 Å². The number of H-pyrrole nitrogens is 1. The zero-order valence-electron chi connectivity index (χ0n) is 16.2. The maximum Gasteiger partial charge on any atom is 0.258 e. The molecule has 0 radical (unpaired) electrons. The highest BCUT2D eigenvalue weighted by Gasteiger charge is 2.22. The number of piperazine rings is 1. The van der Waals surface area contributed by atoms with Crippen LogP contribution < -0.4 is 10.5 Å². The van der Waals surface area contributed by atoms with Crippen molar-refractivity contribution in [2.75, 3.05) is 31.1 Å². The van der Waals surface area contributed by atoms with Crippen molar-refractivity contribution in [1.29, 1.82) is 5.26 Å². The number of benzene rings is 1. The summed E-state index contributed by atoms with van der Waals surface area (Å²) in [7, 11) is 0. The highest BCUT2D eigenvalue weighted by atomic mass is 16.3. The number of rotatable bonds is 4. The molecule has 1 aromatic carbocycles. The molecule has 0 aliphatic carbocycles. The van der Waals surface area contributed by atoms with E-state index in [0.29, 0.717) is 54.9 Å². The van der Waals surface area contributed by atoms with Crippen molar-refractivity contribution < 1.29 is 9.90 Å². The van der Waals surface area contributed by atoms with Gasteiger partial charge in [0.05, 0.1) is 16.5 Å². The summed E-state index contributed by atoms with van der Waals surface area (Å²) in [6, 6.07) is 10.00. The Morgan fingerprint density at radius 1 is 1.20 bits per heavy atom. The van der Waals surface area contributed by atoms with Crippen LogP contribution in [-0.2, 0) is 11.2 Å². The number of aromatic amines is 1. The van der Waals surface area contributed by atoms with Gasteiger partial charge in [0.1, 0.15) is 23.5 Å². The summed E-state index contributed by atoms with van der Waals surface area (Å²) in [6.07, 6.45) is 2.10. The SMILES string of the molecule is N#Cc1ccc(N2CCN(C(=O)CCc3nc4cc(O)ccc4c(=O)[nH]3)CC2)nc1. The van der Waals surface area contributed by atoms with Gasteiger partial charge in [0.2, 0.25) is 5.91 Å². The third kappa shape index (κ3) is 4.07. The van der Waals surface area contributed by atoms with Crippen LogP contribution >= 0.6 is 0 Å². The first-order valence-electron chi connectivity index (χ1n) is 9.64. The van der Waals surface area contributed by atoms with Gasteiger partial charge in [0, 0.05) is 51.3 Å². The maximum atomic E-state index is 12.6. The van der Waals surface area contributed by atoms with E-state index in [2.05, 4.69) is 19.9 Å². The first-order valence-corrected chi connectivity index (χ1v) is 9.64. The third-order valence-electron chi connectivity index (χ3n) is 5.15. The molecule has 152 valence electrons. The maximum absolute atomic E-state index is 12.6. The van der Waals surface area contributed by atoms with Crippen LogP contribution in [0.3, 0.4) is 0 Å². The third-order valence-corrected chi connectivity index (χ3v) is 5.15. The van der Waals surface area contributed by atoms with Crippen molar-refractivity contribution in [3.05, 3.63) is 58.3 Å². The van der Waals surface area contributed by atoms with E-state index < -0.39 is 0 Å². The largest absolute Gasteiger partial charge is 0.508 e. The van der Waals surface area contributed by atoms with E-state index in [1.54, 1.807) is 17.2 Å². The number of carbonyl (C=O) groups excluding carboxylic acids is 1. The summed E-state index contributed by atoms with van der Waals surface area (Å²) in [6.45, 7) is 2.48. The van der Waals surface area contributed by atoms with Gasteiger partial charge in [-0.25, -0.2) is 9.97 Å². The minimum atomic E-state index is -0.286. The van der Waals surface area contributed by atoms with Crippen LogP contribution in [0, 0.1) is 11.3 Å². The molecule has 0 spiro atoms. The Hall–Kier alpha value is -3.93. The standard InChI is InChI=1S/C21H20N6O3/c22-12-14-1-5-19(23-13-14)26-7-9-27(10-8-26)20(29)6-4-18-24-17-11-15(28)2-3-16(17)21(30)25-18/h1-3,5,11,13,28H,4,6-10H2,(H,24,25,30). The summed E-state index contributed by atoms with van der Waals surface area (Å²) in [5.74, 6) is 1.26. The monoisotopic (exact) mass is 404 g/mol. The average Bonchev–Trinajstić information content (AvgIpc) is 2.77. The fraction of sp³-hybridized carbons (Fsp3) is 0.286. The van der Waals surface area contributed by atoms with Gasteiger partial charge in [-0.15, -0.1) is 0 Å². The summed E-state index contributed by atoms with van der Waals surface area (Å²) in [5, 5.41) is 18.9. The summed E-state index contributed by atoms with van der Waals surface area (Å²) < 4.78 is 0. The van der Waals surface area contributed by atoms with Gasteiger partial charge >= 0.3 is 0 Å². The van der Waals surface area contributed by atoms with Crippen molar-refractivity contribution >= 4 is 22.6 Å². The number of phenols is 1. The predicted octanol–water partition coefficient (Wildman–Crippen LogP) is 1.18. The van der Waals surface area contributed by atoms with Crippen molar-refractivity contribution in [3.8, 4) is 11.8 Å². The molecule has 0 atom stereocenters. The lowest BCUT2D eigenvalue weighted by atomic mass is 10.2. The number of amides is 1. The minimum absolute atomic E-state index is 0.00101. The Kier molecular flexibility index (Phi) is 5.30. The Morgan fingerprint density at radius 2 is 2.00 bits per heavy atom. The van der Waals surface area contributed by atoms with Gasteiger partial charge in [0.15, 0.2) is 0 Å². The molecule has 4 rings (SSSR count). The van der Waals surface area contributed by atoms with E-state index in [1.165, 1.54) is 18.2 Å². The van der Waals surface area contributed by atoms with Crippen LogP contribution in [0.1, 0.15) is 17.8 Å². The average molecular weight is 404 g/mol. The van der Waals surface area contributed by atoms with Crippen molar-refractivity contribution in [1.82, 2.24) is 19.9 Å². The molecule has 1 aliphatic rings. The molecule has 30 heavy (non-hydrogen) atoms. The van der Waals surface area contributed by atoms with Gasteiger partial charge < -0.3 is 19.9 Å². The first-order chi connectivity index (χ1) is 14.5. The second-order valence-corrected chi connectivity index (χ2v) is 7.10. The van der Waals surface area contributed by atoms with Crippen LogP contribution in [-0.4, -0.2) is 57.0 Å². The Labute approximate surface area is 172 Å². The van der Waals surface area contributed by atoms with Crippen molar-refractivity contribution in [2.45, 2.75) is 12.8 Å². The first kappa shape index (κ1) is 19.4. The summed E-state index contributed by atoms with van der Waals surface area (Å²) >= 11 is 0. The smallest absolute Gasteiger partial charge is 0.258 e. The molecule has 1 fully saturated rings. The second kappa shape index (κ2) is 8.21. The molecule has 1 amide bonds. The molecular formula is C21H20N6O3. The van der Waals surface area contributed by atoms with Crippen LogP contribution in [0.4, 0.5) is 5.82 Å². The van der Waals surface area contributed by atoms with Crippen LogP contribution in [0.15, 0.2) is 41.3 Å². The molecule has 3 aromatic rings. The van der Waals surface area contributed by atoms with Gasteiger partial charge in [0.25, 0.3) is 5.56 Å². The Morgan fingerprint density at radius 3 is 2.70 bits per heavy atom. The zero-order chi connectivity index (χ0) is 21.1. The number of hydrogen-bond donors (Lipinski definition) is 2. The molecule has 9 nitrogen and oxygen atoms in total. The van der Waals surface area contributed by atoms with E-state index in [-0.39, 0.29) is 23.6 Å². The van der Waals surface area contributed by atoms with E-state index in [0.717, 1.165) is 5.82 Å². The molecule has 1 saturated heterocycles. The zero-order valence-corrected chi connectivity index (χ0v) is 16.2. The molecule has 0 unspecified atom stereocenters. The number of nitrogens with one attached hydrogen (secondary N) is 1. The number of pyridine rings is 1. The van der Waals surface area contributed by atoms with Gasteiger partial charge in [-0.3, -0.25) is 9.59 Å². The van der Waals surface area contributed by atoms with Gasteiger partial charge in [-0.05, 0) is 24.3 Å². The number of phenolic OH excluding ortho intramolecular Hbond substituents is 1. The number of fused-ring (bicyclic) bond motifs is 1. The van der Waals surface area contributed by atoms with E-state index in [4.69, 9.17) is 5.26 Å². The molecule has 0 saturated carbocycles. The fourth-order valence-corrected chi connectivity index (χ4v) is 3.50. The Balaban J connectivity index is 1.34. The fourth-order valence-electron chi connectivity index (χ4n) is 3.50. The van der Waals surface area contributed by atoms with Crippen LogP contribution in [0.2, 0.25) is 0 Å². The normalized spacial score (nSPS) is 14.0. The van der Waals surface area contributed by atoms with Crippen LogP contribution in [0.25, 0.3) is 10.9 Å². The molecule has 9 heteroatoms. The molecule has 2 N–H and O–H groups in total. The van der Waals surface area contributed by atoms with Gasteiger partial charge in [-0.1, -0.05) is 0 Å². The predicted molar refractivity (Wildman–Crippen MR) is 110 cm³/mol. The highest BCUT2D eigenvalue weighted by Crippen LogP contribution is 2.16. The Bertz CT molecular complexity index is 1170. The summed E-state index contributed by atoms with van der Waals surface area (Å²) in [5.41, 5.74) is 0.638. The number of aromatic hydroxyl groups is 1. The lowest BCUT2D eigenvalue weighted by molar-refractivity contribution is -0.131. The minimum Gasteiger partial charge on any atom is -0.508 e. The lowest BCUT2D eigenvalue weighted by Crippen LogP contribution is -2.49. The molecule has 0 bridgehead atoms. The number of carbonyl (C=O) groups is 1.